The Labute approximate surface area is 290 Å². The van der Waals surface area contributed by atoms with Gasteiger partial charge in [0.15, 0.2) is 9.84 Å². The number of amides is 2. The summed E-state index contributed by atoms with van der Waals surface area (Å²) < 4.78 is 32.3. The fourth-order valence-corrected chi connectivity index (χ4v) is 12.2. The zero-order chi connectivity index (χ0) is 34.1. The molecule has 2 aromatic rings. The summed E-state index contributed by atoms with van der Waals surface area (Å²) in [4.78, 5) is 33.6. The van der Waals surface area contributed by atoms with E-state index >= 15 is 0 Å². The molecule has 3 saturated heterocycles. The first kappa shape index (κ1) is 32.8. The van der Waals surface area contributed by atoms with E-state index in [9.17, 15) is 18.0 Å². The number of hydrogen-bond acceptors (Lipinski definition) is 8. The van der Waals surface area contributed by atoms with Gasteiger partial charge in [0, 0.05) is 88.3 Å². The van der Waals surface area contributed by atoms with Crippen LogP contribution in [0.4, 0.5) is 10.5 Å². The van der Waals surface area contributed by atoms with Crippen molar-refractivity contribution in [3.63, 3.8) is 0 Å². The van der Waals surface area contributed by atoms with E-state index < -0.39 is 15.1 Å². The molecule has 4 heterocycles. The van der Waals surface area contributed by atoms with Gasteiger partial charge in [0.1, 0.15) is 11.4 Å². The van der Waals surface area contributed by atoms with Crippen molar-refractivity contribution in [2.75, 3.05) is 71.4 Å². The molecule has 2 aliphatic carbocycles. The van der Waals surface area contributed by atoms with E-state index in [-0.39, 0.29) is 36.6 Å². The standard InChI is InChI=1S/C38H49N5O5S/c1-4-35(44)43-21-29(22-43)49(46,47)28-13-11-27(12-14-28)42-18-25(19-42)17-41-16-15-32-31(23-41)30-8-5-7-26-20-40(3)24-38(32,36(26)30)33-9-6-10-34(33)48-37(45)39-2/h4-5,7-8,11-14,25,29,31-34H,1,6,9-10,15-24H2,2-3H3,(H,39,45)/t31?,32?,33?,34-,38?/m0/s1. The Morgan fingerprint density at radius 1 is 1.02 bits per heavy atom. The first-order valence-electron chi connectivity index (χ1n) is 18.0. The Balaban J connectivity index is 0.926. The van der Waals surface area contributed by atoms with Gasteiger partial charge in [-0.15, -0.1) is 0 Å². The second-order valence-electron chi connectivity index (χ2n) is 15.5. The molecule has 4 unspecified atom stereocenters. The number of alkyl carbamates (subject to hydrolysis) is 1. The highest BCUT2D eigenvalue weighted by atomic mass is 32.2. The molecule has 6 aliphatic rings. The Morgan fingerprint density at radius 3 is 2.53 bits per heavy atom. The maximum absolute atomic E-state index is 13.1. The van der Waals surface area contributed by atoms with Crippen LogP contribution in [0.2, 0.25) is 0 Å². The second-order valence-corrected chi connectivity index (χ2v) is 17.7. The quantitative estimate of drug-likeness (QED) is 0.421. The van der Waals surface area contributed by atoms with Crippen LogP contribution in [0.25, 0.3) is 0 Å². The Hall–Kier alpha value is -3.41. The number of hydrogen-bond donors (Lipinski definition) is 1. The second kappa shape index (κ2) is 12.4. The highest BCUT2D eigenvalue weighted by Crippen LogP contribution is 2.63. The van der Waals surface area contributed by atoms with Gasteiger partial charge in [-0.3, -0.25) is 4.79 Å². The van der Waals surface area contributed by atoms with Gasteiger partial charge >= 0.3 is 6.09 Å². The topological polar surface area (TPSA) is 103 Å². The third kappa shape index (κ3) is 5.38. The van der Waals surface area contributed by atoms with Crippen LogP contribution in [-0.2, 0) is 31.3 Å². The predicted molar refractivity (Wildman–Crippen MR) is 188 cm³/mol. The van der Waals surface area contributed by atoms with Crippen LogP contribution in [0.1, 0.15) is 48.3 Å². The van der Waals surface area contributed by atoms with Crippen LogP contribution in [0.5, 0.6) is 0 Å². The van der Waals surface area contributed by atoms with E-state index in [1.807, 2.05) is 12.1 Å². The average molecular weight is 688 g/mol. The van der Waals surface area contributed by atoms with E-state index in [0.717, 1.165) is 77.2 Å². The van der Waals surface area contributed by atoms with Crippen LogP contribution in [0, 0.1) is 17.8 Å². The molecule has 49 heavy (non-hydrogen) atoms. The molecule has 0 aromatic heterocycles. The predicted octanol–water partition coefficient (Wildman–Crippen LogP) is 3.62. The van der Waals surface area contributed by atoms with Crippen molar-refractivity contribution in [3.05, 3.63) is 71.8 Å². The number of nitrogens with zero attached hydrogens (tertiary/aromatic N) is 4. The molecule has 2 amide bonds. The number of sulfone groups is 1. The highest BCUT2D eigenvalue weighted by molar-refractivity contribution is 7.92. The van der Waals surface area contributed by atoms with E-state index in [1.54, 1.807) is 24.7 Å². The summed E-state index contributed by atoms with van der Waals surface area (Å²) >= 11 is 0. The molecular formula is C38H49N5O5S. The smallest absolute Gasteiger partial charge is 0.407 e. The van der Waals surface area contributed by atoms with E-state index in [2.05, 4.69) is 51.8 Å². The molecule has 1 saturated carbocycles. The summed E-state index contributed by atoms with van der Waals surface area (Å²) in [5.41, 5.74) is 5.66. The van der Waals surface area contributed by atoms with Gasteiger partial charge in [-0.1, -0.05) is 24.8 Å². The van der Waals surface area contributed by atoms with Crippen molar-refractivity contribution in [2.24, 2.45) is 17.8 Å². The summed E-state index contributed by atoms with van der Waals surface area (Å²) in [6, 6.07) is 14.3. The van der Waals surface area contributed by atoms with Crippen molar-refractivity contribution >= 4 is 27.5 Å². The number of piperidine rings is 1. The number of likely N-dealkylation sites (tertiary alicyclic amines) is 2. The summed E-state index contributed by atoms with van der Waals surface area (Å²) in [5.74, 6) is 1.71. The van der Waals surface area contributed by atoms with Gasteiger partial charge in [-0.05, 0) is 92.2 Å². The van der Waals surface area contributed by atoms with Crippen LogP contribution in [0.15, 0.2) is 60.0 Å². The van der Waals surface area contributed by atoms with Gasteiger partial charge in [0.05, 0.1) is 4.90 Å². The minimum absolute atomic E-state index is 0.0127. The molecule has 0 radical (unpaired) electrons. The van der Waals surface area contributed by atoms with E-state index in [4.69, 9.17) is 4.74 Å². The number of ether oxygens (including phenoxy) is 1. The van der Waals surface area contributed by atoms with Gasteiger partial charge < -0.3 is 29.7 Å². The first-order valence-corrected chi connectivity index (χ1v) is 19.6. The van der Waals surface area contributed by atoms with Crippen molar-refractivity contribution in [3.8, 4) is 0 Å². The van der Waals surface area contributed by atoms with Gasteiger partial charge in [0.2, 0.25) is 5.91 Å². The lowest BCUT2D eigenvalue weighted by atomic mass is 9.59. The summed E-state index contributed by atoms with van der Waals surface area (Å²) in [7, 11) is 0.434. The van der Waals surface area contributed by atoms with Crippen molar-refractivity contribution < 1.29 is 22.7 Å². The lowest BCUT2D eigenvalue weighted by Crippen LogP contribution is -2.57. The fraction of sp³-hybridized carbons (Fsp3) is 0.579. The number of nitrogens with one attached hydrogen (secondary N) is 1. The number of carbonyl (C=O) groups is 2. The minimum atomic E-state index is -3.47. The molecule has 2 aromatic carbocycles. The Bertz CT molecular complexity index is 1740. The molecule has 4 fully saturated rings. The van der Waals surface area contributed by atoms with Gasteiger partial charge in [0.25, 0.3) is 0 Å². The maximum atomic E-state index is 13.1. The van der Waals surface area contributed by atoms with Crippen LogP contribution >= 0.6 is 0 Å². The molecule has 0 bridgehead atoms. The molecule has 8 rings (SSSR count). The Morgan fingerprint density at radius 2 is 1.80 bits per heavy atom. The number of likely N-dealkylation sites (N-methyl/N-ethyl adjacent to an activating group) is 1. The monoisotopic (exact) mass is 687 g/mol. The summed E-state index contributed by atoms with van der Waals surface area (Å²) in [6.07, 6.45) is 5.18. The number of carbonyl (C=O) groups excluding carboxylic acids is 2. The summed E-state index contributed by atoms with van der Waals surface area (Å²) in [6.45, 7) is 11.1. The zero-order valence-corrected chi connectivity index (χ0v) is 29.5. The molecule has 5 atom stereocenters. The third-order valence-electron chi connectivity index (χ3n) is 12.7. The largest absolute Gasteiger partial charge is 0.446 e. The molecule has 11 heteroatoms. The molecule has 262 valence electrons. The molecule has 1 N–H and O–H groups in total. The summed E-state index contributed by atoms with van der Waals surface area (Å²) in [5, 5.41) is 2.14. The zero-order valence-electron chi connectivity index (χ0n) is 28.7. The third-order valence-corrected chi connectivity index (χ3v) is 14.8. The fourth-order valence-electron chi connectivity index (χ4n) is 10.6. The normalized spacial score (nSPS) is 30.2. The number of anilines is 1. The number of benzene rings is 2. The minimum Gasteiger partial charge on any atom is -0.446 e. The lowest BCUT2D eigenvalue weighted by Gasteiger charge is -2.52. The van der Waals surface area contributed by atoms with Gasteiger partial charge in [-0.25, -0.2) is 13.2 Å². The van der Waals surface area contributed by atoms with Crippen molar-refractivity contribution in [2.45, 2.75) is 59.8 Å². The SMILES string of the molecule is C=CC(=O)N1CC(S(=O)(=O)c2ccc(N3CC(CN4CCC5C(C4)c4cccc6c4C5(C4CCC[C@@H]4OC(=O)NC)CN(C)C6)C3)cc2)C1. The highest BCUT2D eigenvalue weighted by Gasteiger charge is 2.62. The van der Waals surface area contributed by atoms with Crippen molar-refractivity contribution in [1.82, 2.24) is 20.0 Å². The van der Waals surface area contributed by atoms with E-state index in [1.165, 1.54) is 22.1 Å². The lowest BCUT2D eigenvalue weighted by molar-refractivity contribution is -0.129. The van der Waals surface area contributed by atoms with Crippen LogP contribution < -0.4 is 10.2 Å². The van der Waals surface area contributed by atoms with E-state index in [0.29, 0.717) is 28.6 Å². The van der Waals surface area contributed by atoms with Crippen LogP contribution in [0.3, 0.4) is 0 Å². The van der Waals surface area contributed by atoms with Gasteiger partial charge in [-0.2, -0.15) is 0 Å². The molecular weight excluding hydrogens is 639 g/mol. The van der Waals surface area contributed by atoms with Crippen LogP contribution in [-0.4, -0.2) is 113 Å². The molecule has 0 spiro atoms. The number of fused-ring (bicyclic) bond motifs is 3. The maximum Gasteiger partial charge on any atom is 0.407 e. The number of rotatable bonds is 8. The molecule has 4 aliphatic heterocycles. The molecule has 10 nitrogen and oxygen atoms in total. The average Bonchev–Trinajstić information content (AvgIpc) is 3.63. The first-order chi connectivity index (χ1) is 23.6. The Kier molecular flexibility index (Phi) is 8.31. The van der Waals surface area contributed by atoms with Crippen molar-refractivity contribution in [1.29, 1.82) is 0 Å².